The molecule has 0 spiro atoms. The highest BCUT2D eigenvalue weighted by molar-refractivity contribution is 7.89. The third-order valence-electron chi connectivity index (χ3n) is 2.62. The summed E-state index contributed by atoms with van der Waals surface area (Å²) in [6, 6.07) is 4.87. The van der Waals surface area contributed by atoms with Crippen LogP contribution in [0.2, 0.25) is 0 Å². The van der Waals surface area contributed by atoms with Crippen LogP contribution in [-0.2, 0) is 23.6 Å². The number of hydrogen-bond donors (Lipinski definition) is 2. The second-order valence-electron chi connectivity index (χ2n) is 4.19. The van der Waals surface area contributed by atoms with Gasteiger partial charge in [0, 0.05) is 26.0 Å². The fourth-order valence-corrected chi connectivity index (χ4v) is 2.84. The van der Waals surface area contributed by atoms with Crippen molar-refractivity contribution in [3.8, 4) is 0 Å². The molecule has 2 N–H and O–H groups in total. The van der Waals surface area contributed by atoms with E-state index in [1.54, 1.807) is 36.3 Å². The number of aromatic nitrogens is 3. The average molecular weight is 295 g/mol. The number of pyridine rings is 1. The van der Waals surface area contributed by atoms with Gasteiger partial charge in [-0.05, 0) is 25.1 Å². The zero-order valence-electron chi connectivity index (χ0n) is 11.4. The molecule has 0 radical (unpaired) electrons. The van der Waals surface area contributed by atoms with Crippen molar-refractivity contribution in [2.45, 2.75) is 18.4 Å². The van der Waals surface area contributed by atoms with Gasteiger partial charge in [0.1, 0.15) is 10.7 Å². The van der Waals surface area contributed by atoms with Gasteiger partial charge in [0.2, 0.25) is 10.0 Å². The topological polar surface area (TPSA) is 88.9 Å². The minimum absolute atomic E-state index is 0.137. The van der Waals surface area contributed by atoms with E-state index in [1.165, 1.54) is 6.07 Å². The predicted octanol–water partition coefficient (Wildman–Crippen LogP) is 0.725. The van der Waals surface area contributed by atoms with Gasteiger partial charge < -0.3 is 5.32 Å². The molecular formula is C12H17N5O2S. The number of aryl methyl sites for hydroxylation is 1. The Balaban J connectivity index is 2.18. The van der Waals surface area contributed by atoms with Crippen LogP contribution in [0.15, 0.2) is 35.5 Å². The van der Waals surface area contributed by atoms with Crippen LogP contribution in [-0.4, -0.2) is 29.7 Å². The van der Waals surface area contributed by atoms with Crippen LogP contribution in [0.1, 0.15) is 12.6 Å². The Hall–Kier alpha value is -1.93. The summed E-state index contributed by atoms with van der Waals surface area (Å²) < 4.78 is 28.7. The molecule has 0 bridgehead atoms. The lowest BCUT2D eigenvalue weighted by molar-refractivity contribution is 0.579. The average Bonchev–Trinajstić information content (AvgIpc) is 2.83. The van der Waals surface area contributed by atoms with Crippen LogP contribution in [0, 0.1) is 0 Å². The van der Waals surface area contributed by atoms with Gasteiger partial charge in [0.15, 0.2) is 0 Å². The van der Waals surface area contributed by atoms with Crippen molar-refractivity contribution >= 4 is 15.8 Å². The Kier molecular flexibility index (Phi) is 4.35. The van der Waals surface area contributed by atoms with Gasteiger partial charge in [-0.2, -0.15) is 5.10 Å². The quantitative estimate of drug-likeness (QED) is 0.820. The summed E-state index contributed by atoms with van der Waals surface area (Å²) in [5.74, 6) is 0.350. The molecule has 2 aromatic heterocycles. The van der Waals surface area contributed by atoms with Crippen molar-refractivity contribution in [1.29, 1.82) is 0 Å². The number of rotatable bonds is 6. The van der Waals surface area contributed by atoms with Crippen LogP contribution in [0.25, 0.3) is 0 Å². The maximum absolute atomic E-state index is 12.3. The van der Waals surface area contributed by atoms with Gasteiger partial charge >= 0.3 is 0 Å². The lowest BCUT2D eigenvalue weighted by Gasteiger charge is -2.10. The molecule has 0 aliphatic rings. The zero-order valence-corrected chi connectivity index (χ0v) is 12.2. The first-order valence-electron chi connectivity index (χ1n) is 6.20. The van der Waals surface area contributed by atoms with E-state index in [9.17, 15) is 8.42 Å². The lowest BCUT2D eigenvalue weighted by Crippen LogP contribution is -2.25. The van der Waals surface area contributed by atoms with Crippen LogP contribution in [0.4, 0.5) is 5.82 Å². The Morgan fingerprint density at radius 1 is 1.35 bits per heavy atom. The first-order chi connectivity index (χ1) is 9.53. The second-order valence-corrected chi connectivity index (χ2v) is 5.92. The molecule has 0 unspecified atom stereocenters. The van der Waals surface area contributed by atoms with E-state index in [2.05, 4.69) is 20.1 Å². The van der Waals surface area contributed by atoms with Gasteiger partial charge in [0.05, 0.1) is 12.2 Å². The molecule has 0 saturated carbocycles. The minimum Gasteiger partial charge on any atom is -0.369 e. The fourth-order valence-electron chi connectivity index (χ4n) is 1.71. The molecule has 0 amide bonds. The van der Waals surface area contributed by atoms with Crippen LogP contribution < -0.4 is 10.0 Å². The van der Waals surface area contributed by atoms with Gasteiger partial charge in [-0.3, -0.25) is 4.68 Å². The smallest absolute Gasteiger partial charge is 0.244 e. The van der Waals surface area contributed by atoms with Crippen molar-refractivity contribution < 1.29 is 8.42 Å². The number of hydrogen-bond acceptors (Lipinski definition) is 5. The number of nitrogens with one attached hydrogen (secondary N) is 2. The molecule has 7 nitrogen and oxygen atoms in total. The van der Waals surface area contributed by atoms with E-state index >= 15 is 0 Å². The van der Waals surface area contributed by atoms with Crippen LogP contribution >= 0.6 is 0 Å². The predicted molar refractivity (Wildman–Crippen MR) is 75.6 cm³/mol. The van der Waals surface area contributed by atoms with E-state index in [0.29, 0.717) is 18.1 Å². The van der Waals surface area contributed by atoms with E-state index in [0.717, 1.165) is 0 Å². The summed E-state index contributed by atoms with van der Waals surface area (Å²) in [6.45, 7) is 2.62. The maximum Gasteiger partial charge on any atom is 0.244 e. The molecule has 0 fully saturated rings. The highest BCUT2D eigenvalue weighted by Crippen LogP contribution is 2.17. The minimum atomic E-state index is -3.63. The highest BCUT2D eigenvalue weighted by atomic mass is 32.2. The molecule has 2 heterocycles. The molecule has 8 heteroatoms. The highest BCUT2D eigenvalue weighted by Gasteiger charge is 2.19. The van der Waals surface area contributed by atoms with Crippen molar-refractivity contribution in [2.75, 3.05) is 11.9 Å². The third-order valence-corrected chi connectivity index (χ3v) is 4.05. The lowest BCUT2D eigenvalue weighted by atomic mass is 10.4. The normalized spacial score (nSPS) is 11.5. The molecule has 0 aromatic carbocycles. The van der Waals surface area contributed by atoms with Crippen molar-refractivity contribution in [2.24, 2.45) is 7.05 Å². The van der Waals surface area contributed by atoms with E-state index in [-0.39, 0.29) is 11.4 Å². The van der Waals surface area contributed by atoms with E-state index in [4.69, 9.17) is 0 Å². The van der Waals surface area contributed by atoms with Gasteiger partial charge in [-0.15, -0.1) is 0 Å². The summed E-state index contributed by atoms with van der Waals surface area (Å²) >= 11 is 0. The summed E-state index contributed by atoms with van der Waals surface area (Å²) in [7, 11) is -1.85. The molecule has 108 valence electrons. The Morgan fingerprint density at radius 2 is 2.15 bits per heavy atom. The molecular weight excluding hydrogens is 278 g/mol. The molecule has 20 heavy (non-hydrogen) atoms. The van der Waals surface area contributed by atoms with Gasteiger partial charge in [-0.1, -0.05) is 0 Å². The Morgan fingerprint density at radius 3 is 2.80 bits per heavy atom. The fraction of sp³-hybridized carbons (Fsp3) is 0.333. The largest absolute Gasteiger partial charge is 0.369 e. The van der Waals surface area contributed by atoms with Crippen molar-refractivity contribution in [3.05, 3.63) is 36.3 Å². The van der Waals surface area contributed by atoms with Gasteiger partial charge in [-0.25, -0.2) is 18.1 Å². The monoisotopic (exact) mass is 295 g/mol. The first-order valence-corrected chi connectivity index (χ1v) is 7.68. The Labute approximate surface area is 118 Å². The van der Waals surface area contributed by atoms with Crippen LogP contribution in [0.3, 0.4) is 0 Å². The van der Waals surface area contributed by atoms with E-state index in [1.807, 2.05) is 6.92 Å². The number of sulfonamides is 1. The molecule has 0 saturated heterocycles. The SMILES string of the molecule is CCNc1ncccc1S(=O)(=O)NCc1ccn(C)n1. The maximum atomic E-state index is 12.3. The van der Waals surface area contributed by atoms with Crippen molar-refractivity contribution in [3.63, 3.8) is 0 Å². The van der Waals surface area contributed by atoms with E-state index < -0.39 is 10.0 Å². The molecule has 0 atom stereocenters. The number of anilines is 1. The Bertz CT molecular complexity index is 681. The summed E-state index contributed by atoms with van der Waals surface area (Å²) in [6.07, 6.45) is 3.31. The third kappa shape index (κ3) is 3.34. The zero-order chi connectivity index (χ0) is 14.6. The summed E-state index contributed by atoms with van der Waals surface area (Å²) in [5, 5.41) is 7.06. The number of nitrogens with zero attached hydrogens (tertiary/aromatic N) is 3. The van der Waals surface area contributed by atoms with Crippen molar-refractivity contribution in [1.82, 2.24) is 19.5 Å². The summed E-state index contributed by atoms with van der Waals surface area (Å²) in [4.78, 5) is 4.18. The molecule has 0 aliphatic carbocycles. The first kappa shape index (κ1) is 14.5. The standard InChI is InChI=1S/C12H17N5O2S/c1-3-13-12-11(5-4-7-14-12)20(18,19)15-9-10-6-8-17(2)16-10/h4-8,15H,3,9H2,1-2H3,(H,13,14). The molecule has 0 aliphatic heterocycles. The molecule has 2 rings (SSSR count). The van der Waals surface area contributed by atoms with Crippen LogP contribution in [0.5, 0.6) is 0 Å². The second kappa shape index (κ2) is 6.02. The summed E-state index contributed by atoms with van der Waals surface area (Å²) in [5.41, 5.74) is 0.657. The van der Waals surface area contributed by atoms with Gasteiger partial charge in [0.25, 0.3) is 0 Å². The molecule has 2 aromatic rings.